The van der Waals surface area contributed by atoms with Crippen LogP contribution in [0.4, 0.5) is 0 Å². The van der Waals surface area contributed by atoms with E-state index < -0.39 is 11.9 Å². The van der Waals surface area contributed by atoms with Crippen molar-refractivity contribution in [3.63, 3.8) is 0 Å². The molecule has 0 bridgehead atoms. The molecule has 0 heterocycles. The summed E-state index contributed by atoms with van der Waals surface area (Å²) in [6, 6.07) is 5.08. The first kappa shape index (κ1) is 12.0. The smallest absolute Gasteiger partial charge is 0.338 e. The van der Waals surface area contributed by atoms with Crippen LogP contribution in [0.15, 0.2) is 24.3 Å². The molecule has 16 heavy (non-hydrogen) atoms. The van der Waals surface area contributed by atoms with Gasteiger partial charge in [-0.3, -0.25) is 0 Å². The van der Waals surface area contributed by atoms with E-state index in [1.54, 1.807) is 25.1 Å². The quantitative estimate of drug-likeness (QED) is 0.624. The van der Waals surface area contributed by atoms with Crippen LogP contribution < -0.4 is 0 Å². The van der Waals surface area contributed by atoms with E-state index in [0.717, 1.165) is 11.6 Å². The number of carboxylic acids is 1. The predicted molar refractivity (Wildman–Crippen MR) is 59.2 cm³/mol. The second-order valence-corrected chi connectivity index (χ2v) is 3.24. The van der Waals surface area contributed by atoms with Crippen molar-refractivity contribution in [3.05, 3.63) is 41.0 Å². The number of carbonyl (C=O) groups is 2. The minimum absolute atomic E-state index is 0.428. The highest BCUT2D eigenvalue weighted by molar-refractivity contribution is 5.92. The Balaban J connectivity index is 3.07. The Morgan fingerprint density at radius 2 is 2.06 bits per heavy atom. The maximum Gasteiger partial charge on any atom is 0.338 e. The lowest BCUT2D eigenvalue weighted by Gasteiger charge is -2.04. The normalized spacial score (nSPS) is 10.4. The van der Waals surface area contributed by atoms with Gasteiger partial charge in [0.2, 0.25) is 0 Å². The third kappa shape index (κ3) is 2.95. The van der Waals surface area contributed by atoms with E-state index in [0.29, 0.717) is 11.1 Å². The number of esters is 1. The summed E-state index contributed by atoms with van der Waals surface area (Å²) in [7, 11) is 1.31. The monoisotopic (exact) mass is 220 g/mol. The van der Waals surface area contributed by atoms with Crippen LogP contribution in [0.1, 0.15) is 21.5 Å². The molecular weight excluding hydrogens is 208 g/mol. The molecule has 0 aliphatic carbocycles. The standard InChI is InChI=1S/C12H12O4/c1-8-3-4-9(5-6-11(13)14)7-10(8)12(15)16-2/h3-7H,1-2H3,(H,13,14). The number of ether oxygens (including phenoxy) is 1. The Bertz CT molecular complexity index is 446. The zero-order chi connectivity index (χ0) is 12.1. The summed E-state index contributed by atoms with van der Waals surface area (Å²) >= 11 is 0. The van der Waals surface area contributed by atoms with E-state index >= 15 is 0 Å². The fourth-order valence-electron chi connectivity index (χ4n) is 1.24. The SMILES string of the molecule is COC(=O)c1cc(C=CC(=O)O)ccc1C. The van der Waals surface area contributed by atoms with E-state index in [4.69, 9.17) is 5.11 Å². The number of aryl methyl sites for hydroxylation is 1. The van der Waals surface area contributed by atoms with Gasteiger partial charge in [0.05, 0.1) is 12.7 Å². The van der Waals surface area contributed by atoms with Crippen molar-refractivity contribution in [1.29, 1.82) is 0 Å². The number of carbonyl (C=O) groups excluding carboxylic acids is 1. The topological polar surface area (TPSA) is 63.6 Å². The van der Waals surface area contributed by atoms with Crippen molar-refractivity contribution >= 4 is 18.0 Å². The van der Waals surface area contributed by atoms with Crippen LogP contribution in [0.25, 0.3) is 6.08 Å². The highest BCUT2D eigenvalue weighted by Crippen LogP contribution is 2.13. The molecular formula is C12H12O4. The average molecular weight is 220 g/mol. The zero-order valence-electron chi connectivity index (χ0n) is 9.06. The second kappa shape index (κ2) is 5.11. The van der Waals surface area contributed by atoms with E-state index in [1.165, 1.54) is 13.2 Å². The second-order valence-electron chi connectivity index (χ2n) is 3.24. The van der Waals surface area contributed by atoms with Crippen molar-refractivity contribution in [3.8, 4) is 0 Å². The van der Waals surface area contributed by atoms with Gasteiger partial charge in [-0.15, -0.1) is 0 Å². The van der Waals surface area contributed by atoms with Gasteiger partial charge >= 0.3 is 11.9 Å². The third-order valence-electron chi connectivity index (χ3n) is 2.09. The van der Waals surface area contributed by atoms with E-state index in [9.17, 15) is 9.59 Å². The van der Waals surface area contributed by atoms with Crippen LogP contribution >= 0.6 is 0 Å². The summed E-state index contributed by atoms with van der Waals surface area (Å²) < 4.78 is 4.62. The summed E-state index contributed by atoms with van der Waals surface area (Å²) in [4.78, 5) is 21.7. The number of methoxy groups -OCH3 is 1. The summed E-state index contributed by atoms with van der Waals surface area (Å²) in [5, 5.41) is 8.48. The number of aliphatic carboxylic acids is 1. The van der Waals surface area contributed by atoms with Gasteiger partial charge in [-0.25, -0.2) is 9.59 Å². The molecule has 0 atom stereocenters. The van der Waals surface area contributed by atoms with Crippen molar-refractivity contribution in [2.75, 3.05) is 7.11 Å². The van der Waals surface area contributed by atoms with E-state index in [1.807, 2.05) is 0 Å². The third-order valence-corrected chi connectivity index (χ3v) is 2.09. The molecule has 0 amide bonds. The molecule has 0 fully saturated rings. The van der Waals surface area contributed by atoms with Crippen molar-refractivity contribution in [1.82, 2.24) is 0 Å². The summed E-state index contributed by atoms with van der Waals surface area (Å²) in [5.74, 6) is -1.46. The molecule has 0 radical (unpaired) electrons. The molecule has 0 aliphatic heterocycles. The summed E-state index contributed by atoms with van der Waals surface area (Å²) in [6.45, 7) is 1.79. The van der Waals surface area contributed by atoms with Crippen molar-refractivity contribution < 1.29 is 19.4 Å². The van der Waals surface area contributed by atoms with Crippen LogP contribution in [0.3, 0.4) is 0 Å². The van der Waals surface area contributed by atoms with Crippen LogP contribution in [0, 0.1) is 6.92 Å². The van der Waals surface area contributed by atoms with Crippen LogP contribution in [-0.2, 0) is 9.53 Å². The number of carboxylic acid groups (broad SMARTS) is 1. The molecule has 0 saturated heterocycles. The average Bonchev–Trinajstić information content (AvgIpc) is 2.27. The van der Waals surface area contributed by atoms with Gasteiger partial charge in [0.1, 0.15) is 0 Å². The van der Waals surface area contributed by atoms with Gasteiger partial charge in [-0.2, -0.15) is 0 Å². The lowest BCUT2D eigenvalue weighted by Crippen LogP contribution is -2.03. The molecule has 1 N–H and O–H groups in total. The molecule has 4 heteroatoms. The predicted octanol–water partition coefficient (Wildman–Crippen LogP) is 1.88. The molecule has 1 aromatic carbocycles. The van der Waals surface area contributed by atoms with Gasteiger partial charge in [-0.05, 0) is 30.2 Å². The maximum atomic E-state index is 11.4. The van der Waals surface area contributed by atoms with Gasteiger partial charge in [0.15, 0.2) is 0 Å². The molecule has 0 aliphatic rings. The maximum absolute atomic E-state index is 11.4. The largest absolute Gasteiger partial charge is 0.478 e. The molecule has 0 unspecified atom stereocenters. The minimum Gasteiger partial charge on any atom is -0.478 e. The molecule has 0 saturated carbocycles. The Morgan fingerprint density at radius 1 is 1.38 bits per heavy atom. The molecule has 84 valence electrons. The molecule has 0 aromatic heterocycles. The van der Waals surface area contributed by atoms with Crippen molar-refractivity contribution in [2.45, 2.75) is 6.92 Å². The Labute approximate surface area is 93.2 Å². The minimum atomic E-state index is -1.03. The van der Waals surface area contributed by atoms with Crippen LogP contribution in [-0.4, -0.2) is 24.2 Å². The highest BCUT2D eigenvalue weighted by Gasteiger charge is 2.08. The van der Waals surface area contributed by atoms with Crippen LogP contribution in [0.5, 0.6) is 0 Å². The summed E-state index contributed by atoms with van der Waals surface area (Å²) in [6.07, 6.45) is 2.44. The number of rotatable bonds is 3. The van der Waals surface area contributed by atoms with Gasteiger partial charge < -0.3 is 9.84 Å². The van der Waals surface area contributed by atoms with Crippen molar-refractivity contribution in [2.24, 2.45) is 0 Å². The lowest BCUT2D eigenvalue weighted by atomic mass is 10.0. The number of benzene rings is 1. The van der Waals surface area contributed by atoms with E-state index in [2.05, 4.69) is 4.74 Å². The Kier molecular flexibility index (Phi) is 3.83. The molecule has 1 aromatic rings. The fourth-order valence-corrected chi connectivity index (χ4v) is 1.24. The highest BCUT2D eigenvalue weighted by atomic mass is 16.5. The first-order valence-electron chi connectivity index (χ1n) is 4.64. The first-order chi connectivity index (χ1) is 7.54. The Hall–Kier alpha value is -2.10. The fraction of sp³-hybridized carbons (Fsp3) is 0.167. The van der Waals surface area contributed by atoms with Gasteiger partial charge in [0.25, 0.3) is 0 Å². The number of hydrogen-bond acceptors (Lipinski definition) is 3. The number of hydrogen-bond donors (Lipinski definition) is 1. The Morgan fingerprint density at radius 3 is 2.62 bits per heavy atom. The van der Waals surface area contributed by atoms with Crippen LogP contribution in [0.2, 0.25) is 0 Å². The lowest BCUT2D eigenvalue weighted by molar-refractivity contribution is -0.131. The summed E-state index contributed by atoms with van der Waals surface area (Å²) in [5.41, 5.74) is 1.88. The first-order valence-corrected chi connectivity index (χ1v) is 4.64. The molecule has 0 spiro atoms. The van der Waals surface area contributed by atoms with E-state index in [-0.39, 0.29) is 0 Å². The molecule has 4 nitrogen and oxygen atoms in total. The zero-order valence-corrected chi connectivity index (χ0v) is 9.06. The van der Waals surface area contributed by atoms with Gasteiger partial charge in [0, 0.05) is 6.08 Å². The van der Waals surface area contributed by atoms with Gasteiger partial charge in [-0.1, -0.05) is 12.1 Å². The molecule has 1 rings (SSSR count).